The molecule has 0 spiro atoms. The van der Waals surface area contributed by atoms with Gasteiger partial charge in [0.2, 0.25) is 5.95 Å². The number of H-pyrrole nitrogens is 2. The number of nitrogens with two attached hydrogens (primary N) is 1. The van der Waals surface area contributed by atoms with E-state index in [9.17, 15) is 0 Å². The second kappa shape index (κ2) is 2.08. The van der Waals surface area contributed by atoms with Crippen LogP contribution in [0.4, 0.5) is 5.95 Å². The number of anilines is 1. The Labute approximate surface area is 61.8 Å². The minimum absolute atomic E-state index is 0.231. The maximum absolute atomic E-state index is 5.30. The summed E-state index contributed by atoms with van der Waals surface area (Å²) in [5, 5.41) is 12.8. The van der Waals surface area contributed by atoms with Crippen molar-refractivity contribution in [2.75, 3.05) is 5.73 Å². The summed E-state index contributed by atoms with van der Waals surface area (Å²) in [6, 6.07) is 1.78. The highest BCUT2D eigenvalue weighted by Gasteiger charge is 2.02. The van der Waals surface area contributed by atoms with Gasteiger partial charge >= 0.3 is 0 Å². The first-order chi connectivity index (χ1) is 5.36. The third-order valence-corrected chi connectivity index (χ3v) is 1.26. The van der Waals surface area contributed by atoms with Gasteiger partial charge in [-0.15, -0.1) is 5.10 Å². The second-order valence-electron chi connectivity index (χ2n) is 2.01. The van der Waals surface area contributed by atoms with E-state index in [2.05, 4.69) is 25.4 Å². The van der Waals surface area contributed by atoms with Crippen molar-refractivity contribution in [2.24, 2.45) is 0 Å². The predicted octanol–water partition coefficient (Wildman–Crippen LogP) is -0.223. The Morgan fingerprint density at radius 1 is 1.36 bits per heavy atom. The van der Waals surface area contributed by atoms with E-state index in [1.54, 1.807) is 12.3 Å². The van der Waals surface area contributed by atoms with Crippen LogP contribution in [0, 0.1) is 0 Å². The van der Waals surface area contributed by atoms with Crippen molar-refractivity contribution in [2.45, 2.75) is 0 Å². The van der Waals surface area contributed by atoms with Crippen molar-refractivity contribution in [3.8, 4) is 11.5 Å². The molecule has 4 N–H and O–H groups in total. The number of rotatable bonds is 1. The van der Waals surface area contributed by atoms with E-state index >= 15 is 0 Å². The summed E-state index contributed by atoms with van der Waals surface area (Å²) < 4.78 is 0. The molecule has 2 heterocycles. The average Bonchev–Trinajstić information content (AvgIpc) is 2.55. The van der Waals surface area contributed by atoms with E-state index < -0.39 is 0 Å². The highest BCUT2D eigenvalue weighted by molar-refractivity contribution is 5.48. The average molecular weight is 150 g/mol. The number of hydrogen-bond acceptors (Lipinski definition) is 4. The molecule has 0 fully saturated rings. The molecule has 2 rings (SSSR count). The molecule has 2 aromatic rings. The Kier molecular flexibility index (Phi) is 1.12. The predicted molar refractivity (Wildman–Crippen MR) is 38.4 cm³/mol. The lowest BCUT2D eigenvalue weighted by molar-refractivity contribution is 1.06. The van der Waals surface area contributed by atoms with Gasteiger partial charge in [0, 0.05) is 6.20 Å². The minimum atomic E-state index is 0.231. The second-order valence-corrected chi connectivity index (χ2v) is 2.01. The summed E-state index contributed by atoms with van der Waals surface area (Å²) >= 11 is 0. The van der Waals surface area contributed by atoms with Crippen molar-refractivity contribution < 1.29 is 0 Å². The number of nitrogens with zero attached hydrogens (tertiary/aromatic N) is 3. The van der Waals surface area contributed by atoms with Crippen LogP contribution in [0.1, 0.15) is 0 Å². The van der Waals surface area contributed by atoms with Crippen LogP contribution in [0.3, 0.4) is 0 Å². The number of aromatic amines is 2. The van der Waals surface area contributed by atoms with Gasteiger partial charge in [-0.05, 0) is 6.07 Å². The Hall–Kier alpha value is -1.85. The molecule has 0 radical (unpaired) electrons. The SMILES string of the molecule is Nc1n[nH]c(-c2ccn[nH]2)n1. The fourth-order valence-corrected chi connectivity index (χ4v) is 0.783. The van der Waals surface area contributed by atoms with E-state index in [0.717, 1.165) is 5.69 Å². The summed E-state index contributed by atoms with van der Waals surface area (Å²) in [7, 11) is 0. The van der Waals surface area contributed by atoms with Crippen LogP contribution in [0.25, 0.3) is 11.5 Å². The lowest BCUT2D eigenvalue weighted by Gasteiger charge is -1.84. The van der Waals surface area contributed by atoms with E-state index in [-0.39, 0.29) is 5.95 Å². The van der Waals surface area contributed by atoms with Gasteiger partial charge in [-0.2, -0.15) is 10.1 Å². The highest BCUT2D eigenvalue weighted by Crippen LogP contribution is 2.09. The van der Waals surface area contributed by atoms with Crippen LogP contribution in [0.2, 0.25) is 0 Å². The van der Waals surface area contributed by atoms with Crippen LogP contribution >= 0.6 is 0 Å². The summed E-state index contributed by atoms with van der Waals surface area (Å²) in [6.07, 6.45) is 1.63. The minimum Gasteiger partial charge on any atom is -0.366 e. The van der Waals surface area contributed by atoms with Crippen LogP contribution < -0.4 is 5.73 Å². The lowest BCUT2D eigenvalue weighted by atomic mass is 10.4. The maximum Gasteiger partial charge on any atom is 0.239 e. The first-order valence-corrected chi connectivity index (χ1v) is 3.04. The molecule has 56 valence electrons. The summed E-state index contributed by atoms with van der Waals surface area (Å²) in [5.74, 6) is 0.828. The Morgan fingerprint density at radius 2 is 2.27 bits per heavy atom. The third kappa shape index (κ3) is 0.936. The zero-order valence-electron chi connectivity index (χ0n) is 5.57. The van der Waals surface area contributed by atoms with Crippen molar-refractivity contribution in [3.05, 3.63) is 12.3 Å². The van der Waals surface area contributed by atoms with Gasteiger partial charge in [-0.3, -0.25) is 10.2 Å². The van der Waals surface area contributed by atoms with Crippen LogP contribution in [0.15, 0.2) is 12.3 Å². The number of hydrogen-bond donors (Lipinski definition) is 3. The number of nitrogen functional groups attached to an aromatic ring is 1. The standard InChI is InChI=1S/C5H6N6/c6-5-8-4(10-11-5)3-1-2-7-9-3/h1-2H,(H,7,9)(H3,6,8,10,11). The molecule has 6 nitrogen and oxygen atoms in total. The molecule has 0 aliphatic carbocycles. The molecule has 0 unspecified atom stereocenters. The van der Waals surface area contributed by atoms with Crippen molar-refractivity contribution in [1.29, 1.82) is 0 Å². The van der Waals surface area contributed by atoms with Crippen LogP contribution in [-0.4, -0.2) is 25.4 Å². The van der Waals surface area contributed by atoms with Gasteiger partial charge in [0.15, 0.2) is 5.82 Å². The van der Waals surface area contributed by atoms with Crippen LogP contribution in [0.5, 0.6) is 0 Å². The first-order valence-electron chi connectivity index (χ1n) is 3.04. The topological polar surface area (TPSA) is 96.3 Å². The molecule has 0 atom stereocenters. The molecule has 0 saturated heterocycles. The van der Waals surface area contributed by atoms with Crippen LogP contribution in [-0.2, 0) is 0 Å². The van der Waals surface area contributed by atoms with Gasteiger partial charge < -0.3 is 5.73 Å². The highest BCUT2D eigenvalue weighted by atomic mass is 15.3. The summed E-state index contributed by atoms with van der Waals surface area (Å²) in [4.78, 5) is 3.89. The Balaban J connectivity index is 2.45. The fourth-order valence-electron chi connectivity index (χ4n) is 0.783. The molecule has 2 aromatic heterocycles. The van der Waals surface area contributed by atoms with Crippen molar-refractivity contribution in [3.63, 3.8) is 0 Å². The van der Waals surface area contributed by atoms with E-state index in [1.165, 1.54) is 0 Å². The lowest BCUT2D eigenvalue weighted by Crippen LogP contribution is -1.85. The van der Waals surface area contributed by atoms with E-state index in [0.29, 0.717) is 5.82 Å². The number of aromatic nitrogens is 5. The summed E-state index contributed by atoms with van der Waals surface area (Å²) in [5.41, 5.74) is 6.07. The van der Waals surface area contributed by atoms with Crippen molar-refractivity contribution >= 4 is 5.95 Å². The largest absolute Gasteiger partial charge is 0.366 e. The molecule has 6 heteroatoms. The summed E-state index contributed by atoms with van der Waals surface area (Å²) in [6.45, 7) is 0. The molecule has 0 aromatic carbocycles. The van der Waals surface area contributed by atoms with Gasteiger partial charge in [0.25, 0.3) is 0 Å². The molecule has 0 bridgehead atoms. The molecule has 0 amide bonds. The molecule has 0 aliphatic heterocycles. The van der Waals surface area contributed by atoms with Crippen molar-refractivity contribution in [1.82, 2.24) is 25.4 Å². The van der Waals surface area contributed by atoms with Gasteiger partial charge in [-0.1, -0.05) is 0 Å². The monoisotopic (exact) mass is 150 g/mol. The normalized spacial score (nSPS) is 10.2. The molecule has 0 saturated carbocycles. The first kappa shape index (κ1) is 5.90. The van der Waals surface area contributed by atoms with Gasteiger partial charge in [0.05, 0.1) is 0 Å². The third-order valence-electron chi connectivity index (χ3n) is 1.26. The molecular formula is C5H6N6. The Bertz CT molecular complexity index is 333. The molecular weight excluding hydrogens is 144 g/mol. The number of nitrogens with one attached hydrogen (secondary N) is 2. The van der Waals surface area contributed by atoms with E-state index in [4.69, 9.17) is 5.73 Å². The fraction of sp³-hybridized carbons (Fsp3) is 0. The van der Waals surface area contributed by atoms with E-state index in [1.807, 2.05) is 0 Å². The smallest absolute Gasteiger partial charge is 0.239 e. The zero-order chi connectivity index (χ0) is 7.68. The molecule has 11 heavy (non-hydrogen) atoms. The molecule has 0 aliphatic rings. The van der Waals surface area contributed by atoms with Gasteiger partial charge in [-0.25, -0.2) is 0 Å². The van der Waals surface area contributed by atoms with Gasteiger partial charge in [0.1, 0.15) is 5.69 Å². The zero-order valence-corrected chi connectivity index (χ0v) is 5.57. The quantitative estimate of drug-likeness (QED) is 0.523. The maximum atomic E-state index is 5.30. The Morgan fingerprint density at radius 3 is 2.82 bits per heavy atom.